The van der Waals surface area contributed by atoms with E-state index in [1.165, 1.54) is 11.3 Å². The number of hydrogen-bond donors (Lipinski definition) is 1. The summed E-state index contributed by atoms with van der Waals surface area (Å²) in [7, 11) is 0. The van der Waals surface area contributed by atoms with E-state index in [9.17, 15) is 0 Å². The molecular weight excluding hydrogens is 208 g/mol. The first kappa shape index (κ1) is 14.2. The van der Waals surface area contributed by atoms with E-state index in [0.29, 0.717) is 6.04 Å². The fourth-order valence-corrected chi connectivity index (χ4v) is 2.11. The van der Waals surface area contributed by atoms with Crippen LogP contribution in [0.1, 0.15) is 58.3 Å². The summed E-state index contributed by atoms with van der Waals surface area (Å²) in [6.07, 6.45) is 4.10. The van der Waals surface area contributed by atoms with Crippen LogP contribution in [0.2, 0.25) is 0 Å². The topological polar surface area (TPSA) is 24.9 Å². The molecule has 96 valence electrons. The van der Waals surface area contributed by atoms with Crippen molar-refractivity contribution in [1.82, 2.24) is 10.3 Å². The smallest absolute Gasteiger partial charge is 0.0610 e. The molecular formula is C15H26N2. The van der Waals surface area contributed by atoms with Crippen molar-refractivity contribution in [3.05, 3.63) is 29.6 Å². The van der Waals surface area contributed by atoms with E-state index in [-0.39, 0.29) is 5.41 Å². The van der Waals surface area contributed by atoms with Gasteiger partial charge in [-0.1, -0.05) is 40.7 Å². The van der Waals surface area contributed by atoms with E-state index in [0.717, 1.165) is 19.4 Å². The van der Waals surface area contributed by atoms with Gasteiger partial charge in [-0.25, -0.2) is 0 Å². The van der Waals surface area contributed by atoms with Gasteiger partial charge in [-0.05, 0) is 36.4 Å². The third-order valence-electron chi connectivity index (χ3n) is 3.04. The molecule has 0 aliphatic heterocycles. The third kappa shape index (κ3) is 3.81. The van der Waals surface area contributed by atoms with Crippen molar-refractivity contribution < 1.29 is 0 Å². The minimum absolute atomic E-state index is 0.188. The molecule has 0 fully saturated rings. The summed E-state index contributed by atoms with van der Waals surface area (Å²) in [6.45, 7) is 12.3. The van der Waals surface area contributed by atoms with Crippen LogP contribution in [-0.2, 0) is 6.42 Å². The number of aryl methyl sites for hydroxylation is 1. The Morgan fingerprint density at radius 1 is 1.29 bits per heavy atom. The Balaban J connectivity index is 3.03. The summed E-state index contributed by atoms with van der Waals surface area (Å²) >= 11 is 0. The minimum atomic E-state index is 0.188. The highest BCUT2D eigenvalue weighted by Gasteiger charge is 2.28. The first-order valence-corrected chi connectivity index (χ1v) is 6.67. The largest absolute Gasteiger partial charge is 0.308 e. The van der Waals surface area contributed by atoms with Crippen LogP contribution in [0.4, 0.5) is 0 Å². The minimum Gasteiger partial charge on any atom is -0.308 e. The Hall–Kier alpha value is -0.890. The van der Waals surface area contributed by atoms with E-state index in [1.807, 2.05) is 12.3 Å². The second kappa shape index (κ2) is 6.15. The summed E-state index contributed by atoms with van der Waals surface area (Å²) in [5, 5.41) is 3.64. The Kier molecular flexibility index (Phi) is 5.13. The molecule has 0 aliphatic rings. The molecule has 1 aromatic heterocycles. The molecule has 0 spiro atoms. The average Bonchev–Trinajstić information content (AvgIpc) is 2.28. The molecule has 1 unspecified atom stereocenters. The van der Waals surface area contributed by atoms with Gasteiger partial charge in [0.25, 0.3) is 0 Å². The van der Waals surface area contributed by atoms with Gasteiger partial charge >= 0.3 is 0 Å². The fourth-order valence-electron chi connectivity index (χ4n) is 2.11. The molecule has 0 saturated carbocycles. The lowest BCUT2D eigenvalue weighted by Gasteiger charge is -2.32. The van der Waals surface area contributed by atoms with Crippen LogP contribution >= 0.6 is 0 Å². The van der Waals surface area contributed by atoms with Crippen LogP contribution < -0.4 is 5.32 Å². The van der Waals surface area contributed by atoms with Gasteiger partial charge in [0, 0.05) is 6.20 Å². The van der Waals surface area contributed by atoms with Crippen LogP contribution in [0.3, 0.4) is 0 Å². The molecule has 1 atom stereocenters. The molecule has 2 heteroatoms. The zero-order valence-corrected chi connectivity index (χ0v) is 11.9. The molecule has 0 radical (unpaired) electrons. The molecule has 1 rings (SSSR count). The number of nitrogens with one attached hydrogen (secondary N) is 1. The number of hydrogen-bond acceptors (Lipinski definition) is 2. The molecule has 0 aromatic carbocycles. The Bertz CT molecular complexity index is 339. The standard InChI is InChI=1S/C15H26N2/c1-6-10-17-14(15(3,4)5)13-12(7-2)9-8-11-16-13/h8-9,11,14,17H,6-7,10H2,1-5H3. The van der Waals surface area contributed by atoms with Gasteiger partial charge < -0.3 is 5.32 Å². The van der Waals surface area contributed by atoms with Gasteiger partial charge in [0.1, 0.15) is 0 Å². The van der Waals surface area contributed by atoms with Crippen molar-refractivity contribution >= 4 is 0 Å². The first-order chi connectivity index (χ1) is 8.00. The second-order valence-electron chi connectivity index (χ2n) is 5.65. The Morgan fingerprint density at radius 3 is 2.53 bits per heavy atom. The van der Waals surface area contributed by atoms with E-state index in [4.69, 9.17) is 0 Å². The van der Waals surface area contributed by atoms with Gasteiger partial charge in [0.2, 0.25) is 0 Å². The van der Waals surface area contributed by atoms with Gasteiger partial charge in [0.05, 0.1) is 11.7 Å². The highest BCUT2D eigenvalue weighted by Crippen LogP contribution is 2.33. The maximum atomic E-state index is 4.61. The number of rotatable bonds is 5. The first-order valence-electron chi connectivity index (χ1n) is 6.67. The van der Waals surface area contributed by atoms with Crippen molar-refractivity contribution in [1.29, 1.82) is 0 Å². The van der Waals surface area contributed by atoms with Crippen LogP contribution in [0.15, 0.2) is 18.3 Å². The van der Waals surface area contributed by atoms with Crippen molar-refractivity contribution in [2.75, 3.05) is 6.54 Å². The quantitative estimate of drug-likeness (QED) is 0.839. The predicted molar refractivity (Wildman–Crippen MR) is 74.1 cm³/mol. The van der Waals surface area contributed by atoms with Crippen molar-refractivity contribution in [3.63, 3.8) is 0 Å². The third-order valence-corrected chi connectivity index (χ3v) is 3.04. The van der Waals surface area contributed by atoms with Crippen LogP contribution in [0.25, 0.3) is 0 Å². The summed E-state index contributed by atoms with van der Waals surface area (Å²) in [5.41, 5.74) is 2.76. The monoisotopic (exact) mass is 234 g/mol. The Morgan fingerprint density at radius 2 is 2.00 bits per heavy atom. The van der Waals surface area contributed by atoms with E-state index < -0.39 is 0 Å². The van der Waals surface area contributed by atoms with Crippen LogP contribution in [0, 0.1) is 5.41 Å². The molecule has 1 N–H and O–H groups in total. The molecule has 0 amide bonds. The van der Waals surface area contributed by atoms with Gasteiger partial charge in [-0.2, -0.15) is 0 Å². The van der Waals surface area contributed by atoms with Crippen LogP contribution in [-0.4, -0.2) is 11.5 Å². The number of nitrogens with zero attached hydrogens (tertiary/aromatic N) is 1. The zero-order valence-electron chi connectivity index (χ0n) is 11.9. The van der Waals surface area contributed by atoms with E-state index >= 15 is 0 Å². The molecule has 0 aliphatic carbocycles. The lowest BCUT2D eigenvalue weighted by atomic mass is 9.82. The number of aromatic nitrogens is 1. The van der Waals surface area contributed by atoms with Gasteiger partial charge in [-0.15, -0.1) is 0 Å². The Labute approximate surface area is 106 Å². The maximum absolute atomic E-state index is 4.61. The molecule has 1 aromatic rings. The predicted octanol–water partition coefficient (Wildman–Crippen LogP) is 3.73. The second-order valence-corrected chi connectivity index (χ2v) is 5.65. The molecule has 0 bridgehead atoms. The molecule has 0 saturated heterocycles. The summed E-state index contributed by atoms with van der Waals surface area (Å²) in [5.74, 6) is 0. The van der Waals surface area contributed by atoms with Crippen molar-refractivity contribution in [2.24, 2.45) is 5.41 Å². The summed E-state index contributed by atoms with van der Waals surface area (Å²) in [4.78, 5) is 4.61. The number of pyridine rings is 1. The van der Waals surface area contributed by atoms with Crippen LogP contribution in [0.5, 0.6) is 0 Å². The van der Waals surface area contributed by atoms with Gasteiger partial charge in [0.15, 0.2) is 0 Å². The van der Waals surface area contributed by atoms with Crippen molar-refractivity contribution in [2.45, 2.75) is 53.5 Å². The average molecular weight is 234 g/mol. The van der Waals surface area contributed by atoms with Gasteiger partial charge in [-0.3, -0.25) is 4.98 Å². The van der Waals surface area contributed by atoms with E-state index in [2.05, 4.69) is 51.0 Å². The summed E-state index contributed by atoms with van der Waals surface area (Å²) in [6, 6.07) is 4.55. The lowest BCUT2D eigenvalue weighted by molar-refractivity contribution is 0.267. The molecule has 1 heterocycles. The lowest BCUT2D eigenvalue weighted by Crippen LogP contribution is -2.34. The highest BCUT2D eigenvalue weighted by molar-refractivity contribution is 5.24. The zero-order chi connectivity index (χ0) is 12.9. The summed E-state index contributed by atoms with van der Waals surface area (Å²) < 4.78 is 0. The normalized spacial score (nSPS) is 13.7. The fraction of sp³-hybridized carbons (Fsp3) is 0.667. The van der Waals surface area contributed by atoms with Crippen molar-refractivity contribution in [3.8, 4) is 0 Å². The SMILES string of the molecule is CCCNC(c1ncccc1CC)C(C)(C)C. The highest BCUT2D eigenvalue weighted by atomic mass is 15.0. The molecule has 17 heavy (non-hydrogen) atoms. The van der Waals surface area contributed by atoms with E-state index in [1.54, 1.807) is 0 Å². The molecule has 2 nitrogen and oxygen atoms in total. The maximum Gasteiger partial charge on any atom is 0.0610 e.